The first-order valence-corrected chi connectivity index (χ1v) is 29.3. The summed E-state index contributed by atoms with van der Waals surface area (Å²) in [6.45, 7) is 4.01. The molecule has 16 nitrogen and oxygen atoms in total. The van der Waals surface area contributed by atoms with Gasteiger partial charge in [0.25, 0.3) is 25.8 Å². The number of aliphatic hydroxyl groups excluding tert-OH is 1. The van der Waals surface area contributed by atoms with Crippen LogP contribution in [0.25, 0.3) is 16.9 Å². The van der Waals surface area contributed by atoms with E-state index in [0.29, 0.717) is 98.9 Å². The molecule has 6 aromatic rings. The number of hydrogen-bond acceptors (Lipinski definition) is 14. The number of sulfonamides is 2. The van der Waals surface area contributed by atoms with Crippen molar-refractivity contribution >= 4 is 81.9 Å². The van der Waals surface area contributed by atoms with Gasteiger partial charge < -0.3 is 25.1 Å². The number of halogens is 4. The second-order valence-corrected chi connectivity index (χ2v) is 24.5. The number of nitrogens with one attached hydrogen (secondary N) is 3. The lowest BCUT2D eigenvalue weighted by Gasteiger charge is -2.37. The molecule has 2 aliphatic heterocycles. The number of carbonyl (C=O) groups excluding carboxylic acids is 1. The molecule has 5 aromatic carbocycles. The van der Waals surface area contributed by atoms with Crippen molar-refractivity contribution in [1.82, 2.24) is 19.4 Å². The van der Waals surface area contributed by atoms with Crippen molar-refractivity contribution in [3.8, 4) is 16.9 Å². The van der Waals surface area contributed by atoms with Crippen LogP contribution in [0.1, 0.15) is 29.6 Å². The summed E-state index contributed by atoms with van der Waals surface area (Å²) in [5.74, 6) is -0.488. The van der Waals surface area contributed by atoms with Crippen LogP contribution in [0.15, 0.2) is 142 Å². The number of aromatic nitrogens is 2. The molecule has 3 heterocycles. The number of piperazine rings is 1. The number of sulfone groups is 1. The average Bonchev–Trinajstić information content (AvgIpc) is 3.81. The summed E-state index contributed by atoms with van der Waals surface area (Å²) >= 11 is 7.57. The molecule has 4 N–H and O–H groups in total. The van der Waals surface area contributed by atoms with Gasteiger partial charge in [0.15, 0.2) is 0 Å². The maximum Gasteiger partial charge on any atom is 0.501 e. The predicted molar refractivity (Wildman–Crippen MR) is 279 cm³/mol. The van der Waals surface area contributed by atoms with Gasteiger partial charge in [-0.2, -0.15) is 18.3 Å². The van der Waals surface area contributed by atoms with Crippen molar-refractivity contribution in [3.63, 3.8) is 0 Å². The van der Waals surface area contributed by atoms with Crippen molar-refractivity contribution in [2.45, 2.75) is 51.6 Å². The zero-order valence-electron chi connectivity index (χ0n) is 39.2. The van der Waals surface area contributed by atoms with Crippen LogP contribution in [0.5, 0.6) is 0 Å². The van der Waals surface area contributed by atoms with Gasteiger partial charge in [-0.3, -0.25) is 9.52 Å². The van der Waals surface area contributed by atoms with Gasteiger partial charge in [-0.25, -0.2) is 34.7 Å². The van der Waals surface area contributed by atoms with Crippen LogP contribution in [0.2, 0.25) is 5.02 Å². The number of piperidine rings is 1. The number of amides is 1. The number of alkyl halides is 3. The number of thioether (sulfide) groups is 1. The van der Waals surface area contributed by atoms with Crippen LogP contribution in [-0.2, 0) is 29.9 Å². The summed E-state index contributed by atoms with van der Waals surface area (Å²) in [6, 6.07) is 32.1. The first-order valence-electron chi connectivity index (χ1n) is 23.0. The molecule has 1 amide bonds. The first-order chi connectivity index (χ1) is 34.6. The fraction of sp³-hybridized carbons (Fsp3) is 0.306. The highest BCUT2D eigenvalue weighted by Crippen LogP contribution is 2.38. The van der Waals surface area contributed by atoms with Gasteiger partial charge in [0.1, 0.15) is 4.90 Å². The van der Waals surface area contributed by atoms with Crippen LogP contribution in [0.3, 0.4) is 0 Å². The Hall–Kier alpha value is -5.82. The standard InChI is InChI=1S/C49H52ClF3N8O8S4/c1-71(64,65)57-48(63)44-32-54-61(39-14-10-35(50)11-15-39)47(44)34-6-5-7-40(30-34)60-28-26-59(27-29-60)38-16-12-36(13-17-38)56-73(68,69)43-18-19-45(46(31-43)72(66,67)49(51,52)53)55-37(33-70-42-8-3-2-4-9-42)20-23-58-24-21-41(62)22-25-58/h2-19,30-32,37,41,55-56,62H,20-29,33H2,1H3,(H,57,63)/t37-/m1/s1. The molecule has 0 radical (unpaired) electrons. The average molecular weight is 1100 g/mol. The van der Waals surface area contributed by atoms with Gasteiger partial charge in [-0.1, -0.05) is 41.9 Å². The normalized spacial score (nSPS) is 15.8. The van der Waals surface area contributed by atoms with Gasteiger partial charge in [0.05, 0.1) is 46.1 Å². The maximum atomic E-state index is 14.3. The number of aliphatic hydroxyl groups is 1. The number of hydrogen-bond donors (Lipinski definition) is 4. The summed E-state index contributed by atoms with van der Waals surface area (Å²) in [7, 11) is -14.5. The van der Waals surface area contributed by atoms with E-state index in [4.69, 9.17) is 11.6 Å². The highest BCUT2D eigenvalue weighted by Gasteiger charge is 2.48. The third-order valence-electron chi connectivity index (χ3n) is 12.4. The predicted octanol–water partition coefficient (Wildman–Crippen LogP) is 7.72. The minimum absolute atomic E-state index is 0.0404. The van der Waals surface area contributed by atoms with Gasteiger partial charge in [0, 0.05) is 90.2 Å². The molecule has 0 unspecified atom stereocenters. The fourth-order valence-electron chi connectivity index (χ4n) is 8.57. The molecule has 24 heteroatoms. The van der Waals surface area contributed by atoms with E-state index in [1.54, 1.807) is 42.5 Å². The molecule has 73 heavy (non-hydrogen) atoms. The summed E-state index contributed by atoms with van der Waals surface area (Å²) in [5.41, 5.74) is -2.85. The molecule has 2 saturated heterocycles. The third kappa shape index (κ3) is 13.3. The summed E-state index contributed by atoms with van der Waals surface area (Å²) in [4.78, 5) is 18.6. The minimum Gasteiger partial charge on any atom is -0.393 e. The van der Waals surface area contributed by atoms with Crippen molar-refractivity contribution < 1.29 is 48.3 Å². The quantitative estimate of drug-likeness (QED) is 0.0609. The van der Waals surface area contributed by atoms with Crippen molar-refractivity contribution in [2.75, 3.05) is 77.7 Å². The Morgan fingerprint density at radius 1 is 0.795 bits per heavy atom. The second kappa shape index (κ2) is 22.3. The molecule has 8 rings (SSSR count). The number of benzene rings is 5. The van der Waals surface area contributed by atoms with Crippen molar-refractivity contribution in [2.24, 2.45) is 0 Å². The number of carbonyl (C=O) groups is 1. The molecule has 0 saturated carbocycles. The van der Waals surface area contributed by atoms with E-state index in [-0.39, 0.29) is 16.9 Å². The van der Waals surface area contributed by atoms with Crippen molar-refractivity contribution in [3.05, 3.63) is 138 Å². The monoisotopic (exact) mass is 1100 g/mol. The Morgan fingerprint density at radius 2 is 1.44 bits per heavy atom. The molecule has 2 aliphatic rings. The molecule has 2 fully saturated rings. The maximum absolute atomic E-state index is 14.3. The number of likely N-dealkylation sites (tertiary alicyclic amines) is 1. The van der Waals surface area contributed by atoms with Crippen LogP contribution >= 0.6 is 23.4 Å². The molecule has 1 atom stereocenters. The van der Waals surface area contributed by atoms with Gasteiger partial charge in [-0.05, 0) is 110 Å². The Kier molecular flexibility index (Phi) is 16.4. The SMILES string of the molecule is CS(=O)(=O)NC(=O)c1cnn(-c2ccc(Cl)cc2)c1-c1cccc(N2CCN(c3ccc(NS(=O)(=O)c4ccc(N[C@H](CCN5CCC(O)CC5)CSc5ccccc5)c(S(=O)(=O)C(F)(F)F)c4)cc3)CC2)c1. The second-order valence-electron chi connectivity index (χ2n) is 17.6. The number of rotatable bonds is 18. The van der Waals surface area contributed by atoms with Gasteiger partial charge in [0.2, 0.25) is 10.0 Å². The van der Waals surface area contributed by atoms with Crippen molar-refractivity contribution in [1.29, 1.82) is 0 Å². The van der Waals surface area contributed by atoms with Gasteiger partial charge >= 0.3 is 5.51 Å². The molecule has 1 aromatic heterocycles. The zero-order valence-corrected chi connectivity index (χ0v) is 43.3. The number of anilines is 4. The Labute approximate surface area is 431 Å². The summed E-state index contributed by atoms with van der Waals surface area (Å²) < 4.78 is 127. The van der Waals surface area contributed by atoms with E-state index < -0.39 is 63.2 Å². The Bertz CT molecular complexity index is 3250. The fourth-order valence-corrected chi connectivity index (χ4v) is 12.2. The van der Waals surface area contributed by atoms with E-state index in [0.717, 1.165) is 34.7 Å². The van der Waals surface area contributed by atoms with Crippen LogP contribution in [-0.4, -0.2) is 126 Å². The lowest BCUT2D eigenvalue weighted by Crippen LogP contribution is -2.46. The Morgan fingerprint density at radius 3 is 2.08 bits per heavy atom. The lowest BCUT2D eigenvalue weighted by atomic mass is 10.1. The summed E-state index contributed by atoms with van der Waals surface area (Å²) in [6.07, 6.45) is 3.39. The molecule has 388 valence electrons. The smallest absolute Gasteiger partial charge is 0.393 e. The van der Waals surface area contributed by atoms with E-state index >= 15 is 0 Å². The van der Waals surface area contributed by atoms with E-state index in [1.165, 1.54) is 34.8 Å². The third-order valence-corrected chi connectivity index (χ3v) is 17.3. The number of nitrogens with zero attached hydrogens (tertiary/aromatic N) is 5. The molecule has 0 spiro atoms. The molecule has 0 aliphatic carbocycles. The molecule has 0 bridgehead atoms. The topological polar surface area (TPSA) is 203 Å². The largest absolute Gasteiger partial charge is 0.501 e. The highest BCUT2D eigenvalue weighted by atomic mass is 35.5. The van der Waals surface area contributed by atoms with Crippen LogP contribution in [0, 0.1) is 0 Å². The summed E-state index contributed by atoms with van der Waals surface area (Å²) in [5, 5.41) is 17.9. The Balaban J connectivity index is 0.957. The van der Waals surface area contributed by atoms with Gasteiger partial charge in [-0.15, -0.1) is 11.8 Å². The zero-order chi connectivity index (χ0) is 52.1. The van der Waals surface area contributed by atoms with Crippen LogP contribution in [0.4, 0.5) is 35.9 Å². The van der Waals surface area contributed by atoms with E-state index in [1.807, 2.05) is 53.3 Å². The molecular weight excluding hydrogens is 1050 g/mol. The lowest BCUT2D eigenvalue weighted by molar-refractivity contribution is -0.0436. The minimum atomic E-state index is -6.04. The van der Waals surface area contributed by atoms with Crippen LogP contribution < -0.4 is 24.6 Å². The first kappa shape index (κ1) is 53.5. The van der Waals surface area contributed by atoms with E-state index in [9.17, 15) is 48.3 Å². The van der Waals surface area contributed by atoms with E-state index in [2.05, 4.69) is 29.8 Å². The molecular formula is C49H52ClF3N8O8S4. The highest BCUT2D eigenvalue weighted by molar-refractivity contribution is 7.99.